The first-order chi connectivity index (χ1) is 8.74. The minimum Gasteiger partial charge on any atom is -0.489 e. The summed E-state index contributed by atoms with van der Waals surface area (Å²) >= 11 is 0. The van der Waals surface area contributed by atoms with E-state index in [0.29, 0.717) is 11.8 Å². The van der Waals surface area contributed by atoms with Gasteiger partial charge in [-0.1, -0.05) is 6.42 Å². The van der Waals surface area contributed by atoms with Gasteiger partial charge in [-0.3, -0.25) is 4.98 Å². The molecule has 0 aromatic carbocycles. The fourth-order valence-electron chi connectivity index (χ4n) is 2.09. The highest BCUT2D eigenvalue weighted by molar-refractivity contribution is 5.84. The van der Waals surface area contributed by atoms with Crippen molar-refractivity contribution in [2.45, 2.75) is 38.2 Å². The number of pyridine rings is 1. The van der Waals surface area contributed by atoms with Gasteiger partial charge < -0.3 is 9.84 Å². The van der Waals surface area contributed by atoms with Crippen molar-refractivity contribution in [2.75, 3.05) is 0 Å². The highest BCUT2D eigenvalue weighted by atomic mass is 16.5. The Bertz CT molecular complexity index is 419. The lowest BCUT2D eigenvalue weighted by Gasteiger charge is -2.22. The van der Waals surface area contributed by atoms with E-state index in [0.717, 1.165) is 24.7 Å². The zero-order valence-electron chi connectivity index (χ0n) is 10.2. The third-order valence-corrected chi connectivity index (χ3v) is 3.01. The molecular weight excluding hydrogens is 230 g/mol. The van der Waals surface area contributed by atoms with Crippen LogP contribution < -0.4 is 4.74 Å². The van der Waals surface area contributed by atoms with E-state index in [2.05, 4.69) is 4.98 Å². The Labute approximate surface area is 106 Å². The van der Waals surface area contributed by atoms with Crippen molar-refractivity contribution < 1.29 is 14.6 Å². The van der Waals surface area contributed by atoms with E-state index in [9.17, 15) is 4.79 Å². The molecule has 1 aromatic heterocycles. The maximum absolute atomic E-state index is 10.4. The van der Waals surface area contributed by atoms with Gasteiger partial charge in [0.05, 0.1) is 18.0 Å². The molecule has 1 saturated carbocycles. The van der Waals surface area contributed by atoms with Crippen LogP contribution in [-0.4, -0.2) is 22.2 Å². The monoisotopic (exact) mass is 247 g/mol. The van der Waals surface area contributed by atoms with Gasteiger partial charge in [-0.2, -0.15) is 0 Å². The van der Waals surface area contributed by atoms with Gasteiger partial charge in [-0.05, 0) is 43.9 Å². The van der Waals surface area contributed by atoms with Gasteiger partial charge in [0.15, 0.2) is 0 Å². The van der Waals surface area contributed by atoms with E-state index in [4.69, 9.17) is 9.84 Å². The molecule has 0 bridgehead atoms. The summed E-state index contributed by atoms with van der Waals surface area (Å²) in [5.41, 5.74) is 0.619. The summed E-state index contributed by atoms with van der Waals surface area (Å²) < 4.78 is 5.83. The van der Waals surface area contributed by atoms with Crippen LogP contribution >= 0.6 is 0 Å². The number of aromatic nitrogens is 1. The molecular formula is C14H17NO3. The van der Waals surface area contributed by atoms with Gasteiger partial charge in [0, 0.05) is 6.08 Å². The number of hydrogen-bond donors (Lipinski definition) is 1. The van der Waals surface area contributed by atoms with Crippen LogP contribution in [0.25, 0.3) is 6.08 Å². The first-order valence-corrected chi connectivity index (χ1v) is 6.28. The van der Waals surface area contributed by atoms with Crippen LogP contribution in [0.15, 0.2) is 24.4 Å². The molecule has 4 nitrogen and oxygen atoms in total. The molecule has 0 aliphatic heterocycles. The van der Waals surface area contributed by atoms with E-state index in [1.165, 1.54) is 25.3 Å². The zero-order valence-corrected chi connectivity index (χ0v) is 10.2. The van der Waals surface area contributed by atoms with Crippen molar-refractivity contribution in [1.29, 1.82) is 0 Å². The van der Waals surface area contributed by atoms with Gasteiger partial charge in [0.1, 0.15) is 5.75 Å². The molecule has 4 heteroatoms. The normalized spacial score (nSPS) is 16.9. The second-order valence-corrected chi connectivity index (χ2v) is 4.47. The van der Waals surface area contributed by atoms with Crippen LogP contribution in [-0.2, 0) is 4.79 Å². The van der Waals surface area contributed by atoms with Gasteiger partial charge in [0.25, 0.3) is 0 Å². The van der Waals surface area contributed by atoms with Gasteiger partial charge in [0.2, 0.25) is 0 Å². The van der Waals surface area contributed by atoms with E-state index < -0.39 is 5.97 Å². The molecule has 1 N–H and O–H groups in total. The molecule has 1 heterocycles. The van der Waals surface area contributed by atoms with Crippen LogP contribution in [0.4, 0.5) is 0 Å². The van der Waals surface area contributed by atoms with Crippen LogP contribution in [0.5, 0.6) is 5.75 Å². The second-order valence-electron chi connectivity index (χ2n) is 4.47. The fourth-order valence-corrected chi connectivity index (χ4v) is 2.09. The predicted molar refractivity (Wildman–Crippen MR) is 68.4 cm³/mol. The van der Waals surface area contributed by atoms with Gasteiger partial charge >= 0.3 is 5.97 Å². The molecule has 0 spiro atoms. The zero-order chi connectivity index (χ0) is 12.8. The number of carboxylic acid groups (broad SMARTS) is 1. The summed E-state index contributed by atoms with van der Waals surface area (Å²) in [4.78, 5) is 14.5. The molecule has 0 unspecified atom stereocenters. The molecule has 2 rings (SSSR count). The minimum atomic E-state index is -0.973. The van der Waals surface area contributed by atoms with Crippen LogP contribution in [0, 0.1) is 0 Å². The summed E-state index contributed by atoms with van der Waals surface area (Å²) in [6.45, 7) is 0. The SMILES string of the molecule is O=C(O)/C=C/c1ccc(OC2CCCCC2)cn1. The van der Waals surface area contributed by atoms with E-state index in [1.807, 2.05) is 6.07 Å². The van der Waals surface area contributed by atoms with Crippen LogP contribution in [0.1, 0.15) is 37.8 Å². The molecule has 0 saturated heterocycles. The summed E-state index contributed by atoms with van der Waals surface area (Å²) in [7, 11) is 0. The molecule has 1 aromatic rings. The summed E-state index contributed by atoms with van der Waals surface area (Å²) in [5.74, 6) is -0.214. The Balaban J connectivity index is 1.92. The lowest BCUT2D eigenvalue weighted by molar-refractivity contribution is -0.131. The van der Waals surface area contributed by atoms with Gasteiger partial charge in [-0.15, -0.1) is 0 Å². The number of ether oxygens (including phenoxy) is 1. The van der Waals surface area contributed by atoms with Crippen molar-refractivity contribution >= 4 is 12.0 Å². The van der Waals surface area contributed by atoms with Crippen LogP contribution in [0.2, 0.25) is 0 Å². The van der Waals surface area contributed by atoms with Crippen molar-refractivity contribution in [3.8, 4) is 5.75 Å². The number of carbonyl (C=O) groups is 1. The molecule has 1 aliphatic rings. The number of rotatable bonds is 4. The topological polar surface area (TPSA) is 59.4 Å². The average Bonchev–Trinajstić information content (AvgIpc) is 2.39. The number of nitrogens with zero attached hydrogens (tertiary/aromatic N) is 1. The Morgan fingerprint density at radius 1 is 1.33 bits per heavy atom. The molecule has 0 atom stereocenters. The first kappa shape index (κ1) is 12.6. The lowest BCUT2D eigenvalue weighted by atomic mass is 9.98. The van der Waals surface area contributed by atoms with Gasteiger partial charge in [-0.25, -0.2) is 4.79 Å². The quantitative estimate of drug-likeness (QED) is 0.831. The summed E-state index contributed by atoms with van der Waals surface area (Å²) in [5, 5.41) is 8.51. The maximum atomic E-state index is 10.4. The highest BCUT2D eigenvalue weighted by Gasteiger charge is 2.14. The Morgan fingerprint density at radius 3 is 2.72 bits per heavy atom. The van der Waals surface area contributed by atoms with Crippen molar-refractivity contribution in [3.63, 3.8) is 0 Å². The third kappa shape index (κ3) is 3.87. The summed E-state index contributed by atoms with van der Waals surface area (Å²) in [6.07, 6.45) is 10.5. The fraction of sp³-hybridized carbons (Fsp3) is 0.429. The smallest absolute Gasteiger partial charge is 0.328 e. The molecule has 1 fully saturated rings. The molecule has 0 amide bonds. The number of carboxylic acids is 1. The average molecular weight is 247 g/mol. The third-order valence-electron chi connectivity index (χ3n) is 3.01. The standard InChI is InChI=1S/C14H17NO3/c16-14(17)9-7-11-6-8-13(10-15-11)18-12-4-2-1-3-5-12/h6-10,12H,1-5H2,(H,16,17)/b9-7+. The molecule has 1 aliphatic carbocycles. The van der Waals surface area contributed by atoms with E-state index in [-0.39, 0.29) is 0 Å². The Kier molecular flexibility index (Phi) is 4.34. The van der Waals surface area contributed by atoms with Crippen molar-refractivity contribution in [3.05, 3.63) is 30.1 Å². The Morgan fingerprint density at radius 2 is 2.11 bits per heavy atom. The molecule has 0 radical (unpaired) electrons. The maximum Gasteiger partial charge on any atom is 0.328 e. The molecule has 96 valence electrons. The van der Waals surface area contributed by atoms with E-state index in [1.54, 1.807) is 12.3 Å². The van der Waals surface area contributed by atoms with Crippen molar-refractivity contribution in [1.82, 2.24) is 4.98 Å². The second kappa shape index (κ2) is 6.19. The number of hydrogen-bond acceptors (Lipinski definition) is 3. The minimum absolute atomic E-state index is 0.306. The lowest BCUT2D eigenvalue weighted by Crippen LogP contribution is -2.19. The highest BCUT2D eigenvalue weighted by Crippen LogP contribution is 2.22. The van der Waals surface area contributed by atoms with E-state index >= 15 is 0 Å². The largest absolute Gasteiger partial charge is 0.489 e. The predicted octanol–water partition coefficient (Wildman–Crippen LogP) is 2.89. The first-order valence-electron chi connectivity index (χ1n) is 6.28. The van der Waals surface area contributed by atoms with Crippen LogP contribution in [0.3, 0.4) is 0 Å². The van der Waals surface area contributed by atoms with Crippen molar-refractivity contribution in [2.24, 2.45) is 0 Å². The summed E-state index contributed by atoms with van der Waals surface area (Å²) in [6, 6.07) is 3.60. The molecule has 18 heavy (non-hydrogen) atoms. The Hall–Kier alpha value is -1.84. The number of aliphatic carboxylic acids is 1.